The van der Waals surface area contributed by atoms with Crippen LogP contribution in [0, 0.1) is 5.92 Å². The standard InChI is InChI=1S/C19H25N3O2/c1-19(2,15-7-5-4-6-8-15)18(24)21-17(13-9-16(23)10-13)14-11-20-22(3)12-14/h4-8,11-13,16-17,23H,9-10H2,1-3H3,(H,21,24). The number of nitrogens with zero attached hydrogens (tertiary/aromatic N) is 2. The number of benzene rings is 1. The topological polar surface area (TPSA) is 67.2 Å². The molecular weight excluding hydrogens is 302 g/mol. The third-order valence-electron chi connectivity index (χ3n) is 5.05. The van der Waals surface area contributed by atoms with E-state index in [9.17, 15) is 9.90 Å². The van der Waals surface area contributed by atoms with Crippen LogP contribution >= 0.6 is 0 Å². The molecule has 2 N–H and O–H groups in total. The highest BCUT2D eigenvalue weighted by atomic mass is 16.3. The molecule has 5 nitrogen and oxygen atoms in total. The van der Waals surface area contributed by atoms with Crippen LogP contribution in [0.25, 0.3) is 0 Å². The molecule has 128 valence electrons. The van der Waals surface area contributed by atoms with Crippen molar-refractivity contribution < 1.29 is 9.90 Å². The molecule has 0 bridgehead atoms. The summed E-state index contributed by atoms with van der Waals surface area (Å²) in [6, 6.07) is 9.69. The summed E-state index contributed by atoms with van der Waals surface area (Å²) in [5.74, 6) is 0.240. The summed E-state index contributed by atoms with van der Waals surface area (Å²) in [6.45, 7) is 3.88. The van der Waals surface area contributed by atoms with Crippen LogP contribution in [0.5, 0.6) is 0 Å². The van der Waals surface area contributed by atoms with Crippen molar-refractivity contribution in [2.75, 3.05) is 0 Å². The van der Waals surface area contributed by atoms with Gasteiger partial charge in [0.15, 0.2) is 0 Å². The Balaban J connectivity index is 1.80. The number of rotatable bonds is 5. The first-order chi connectivity index (χ1) is 11.4. The van der Waals surface area contributed by atoms with Crippen molar-refractivity contribution in [3.63, 3.8) is 0 Å². The monoisotopic (exact) mass is 327 g/mol. The summed E-state index contributed by atoms with van der Waals surface area (Å²) >= 11 is 0. The van der Waals surface area contributed by atoms with Gasteiger partial charge in [-0.15, -0.1) is 0 Å². The second kappa shape index (κ2) is 6.40. The van der Waals surface area contributed by atoms with Crippen LogP contribution in [0.2, 0.25) is 0 Å². The number of hydrogen-bond donors (Lipinski definition) is 2. The van der Waals surface area contributed by atoms with E-state index < -0.39 is 5.41 Å². The first kappa shape index (κ1) is 16.7. The average molecular weight is 327 g/mol. The number of amides is 1. The Labute approximate surface area is 142 Å². The summed E-state index contributed by atoms with van der Waals surface area (Å²) in [6.07, 6.45) is 4.90. The minimum absolute atomic E-state index is 0.0102. The first-order valence-corrected chi connectivity index (χ1v) is 8.41. The second-order valence-electron chi connectivity index (χ2n) is 7.27. The molecule has 24 heavy (non-hydrogen) atoms. The molecule has 1 aliphatic rings. The number of nitrogens with one attached hydrogen (secondary N) is 1. The molecule has 1 aromatic heterocycles. The smallest absolute Gasteiger partial charge is 0.230 e. The molecule has 0 aliphatic heterocycles. The Hall–Kier alpha value is -2.14. The molecule has 0 saturated heterocycles. The molecule has 1 fully saturated rings. The molecule has 0 spiro atoms. The second-order valence-corrected chi connectivity index (χ2v) is 7.27. The molecule has 5 heteroatoms. The fraction of sp³-hybridized carbons (Fsp3) is 0.474. The van der Waals surface area contributed by atoms with Gasteiger partial charge in [-0.1, -0.05) is 30.3 Å². The predicted octanol–water partition coefficient (Wildman–Crippen LogP) is 2.33. The SMILES string of the molecule is Cn1cc(C(NC(=O)C(C)(C)c2ccccc2)C2CC(O)C2)cn1. The molecular formula is C19H25N3O2. The van der Waals surface area contributed by atoms with Gasteiger partial charge in [0.2, 0.25) is 5.91 Å². The third kappa shape index (κ3) is 3.22. The highest BCUT2D eigenvalue weighted by Crippen LogP contribution is 2.38. The maximum atomic E-state index is 13.0. The summed E-state index contributed by atoms with van der Waals surface area (Å²) in [4.78, 5) is 13.0. The van der Waals surface area contributed by atoms with Gasteiger partial charge in [0.25, 0.3) is 0 Å². The fourth-order valence-electron chi connectivity index (χ4n) is 3.28. The number of aromatic nitrogens is 2. The maximum Gasteiger partial charge on any atom is 0.230 e. The molecule has 1 aromatic carbocycles. The quantitative estimate of drug-likeness (QED) is 0.886. The van der Waals surface area contributed by atoms with E-state index in [0.29, 0.717) is 12.8 Å². The molecule has 2 aromatic rings. The van der Waals surface area contributed by atoms with E-state index in [2.05, 4.69) is 10.4 Å². The fourth-order valence-corrected chi connectivity index (χ4v) is 3.28. The lowest BCUT2D eigenvalue weighted by Crippen LogP contribution is -2.47. The molecule has 1 saturated carbocycles. The van der Waals surface area contributed by atoms with Crippen LogP contribution in [0.3, 0.4) is 0 Å². The van der Waals surface area contributed by atoms with Crippen molar-refractivity contribution in [2.24, 2.45) is 13.0 Å². The Morgan fingerprint density at radius 3 is 2.54 bits per heavy atom. The zero-order chi connectivity index (χ0) is 17.3. The largest absolute Gasteiger partial charge is 0.393 e. The average Bonchev–Trinajstić information content (AvgIpc) is 2.96. The Bertz CT molecular complexity index is 702. The van der Waals surface area contributed by atoms with Crippen LogP contribution in [-0.2, 0) is 17.3 Å². The highest BCUT2D eigenvalue weighted by molar-refractivity contribution is 5.87. The number of aliphatic hydroxyl groups is 1. The van der Waals surface area contributed by atoms with Crippen LogP contribution in [0.4, 0.5) is 0 Å². The van der Waals surface area contributed by atoms with E-state index in [4.69, 9.17) is 0 Å². The van der Waals surface area contributed by atoms with E-state index >= 15 is 0 Å². The normalized spacial score (nSPS) is 21.8. The molecule has 1 unspecified atom stereocenters. The number of aliphatic hydroxyl groups excluding tert-OH is 1. The van der Waals surface area contributed by atoms with Gasteiger partial charge in [0, 0.05) is 18.8 Å². The Morgan fingerprint density at radius 1 is 1.33 bits per heavy atom. The van der Waals surface area contributed by atoms with Gasteiger partial charge < -0.3 is 10.4 Å². The summed E-state index contributed by atoms with van der Waals surface area (Å²) < 4.78 is 1.74. The van der Waals surface area contributed by atoms with Crippen LogP contribution in [-0.4, -0.2) is 26.9 Å². The minimum atomic E-state index is -0.621. The maximum absolute atomic E-state index is 13.0. The molecule has 1 aliphatic carbocycles. The van der Waals surface area contributed by atoms with Gasteiger partial charge in [0.1, 0.15) is 0 Å². The summed E-state index contributed by atoms with van der Waals surface area (Å²) in [5.41, 5.74) is 1.36. The Kier molecular flexibility index (Phi) is 4.45. The minimum Gasteiger partial charge on any atom is -0.393 e. The Morgan fingerprint density at radius 2 is 2.00 bits per heavy atom. The molecule has 0 radical (unpaired) electrons. The first-order valence-electron chi connectivity index (χ1n) is 8.41. The molecule has 3 rings (SSSR count). The van der Waals surface area contributed by atoms with Gasteiger partial charge in [-0.3, -0.25) is 9.48 Å². The van der Waals surface area contributed by atoms with Crippen LogP contribution in [0.1, 0.15) is 43.9 Å². The van der Waals surface area contributed by atoms with Gasteiger partial charge in [-0.05, 0) is 38.2 Å². The van der Waals surface area contributed by atoms with Crippen molar-refractivity contribution in [3.8, 4) is 0 Å². The summed E-state index contributed by atoms with van der Waals surface area (Å²) in [5, 5.41) is 17.1. The van der Waals surface area contributed by atoms with Crippen molar-refractivity contribution in [2.45, 2.75) is 44.2 Å². The van der Waals surface area contributed by atoms with E-state index in [1.54, 1.807) is 10.9 Å². The van der Waals surface area contributed by atoms with Crippen molar-refractivity contribution in [1.29, 1.82) is 0 Å². The third-order valence-corrected chi connectivity index (χ3v) is 5.05. The van der Waals surface area contributed by atoms with E-state index in [1.807, 2.05) is 57.4 Å². The molecule has 1 amide bonds. The van der Waals surface area contributed by atoms with Crippen molar-refractivity contribution in [3.05, 3.63) is 53.9 Å². The molecule has 1 heterocycles. The lowest BCUT2D eigenvalue weighted by atomic mass is 9.75. The van der Waals surface area contributed by atoms with Crippen molar-refractivity contribution in [1.82, 2.24) is 15.1 Å². The number of carbonyl (C=O) groups excluding carboxylic acids is 1. The van der Waals surface area contributed by atoms with Gasteiger partial charge in [-0.2, -0.15) is 5.10 Å². The zero-order valence-electron chi connectivity index (χ0n) is 14.4. The van der Waals surface area contributed by atoms with Gasteiger partial charge in [-0.25, -0.2) is 0 Å². The number of carbonyl (C=O) groups is 1. The predicted molar refractivity (Wildman–Crippen MR) is 92.3 cm³/mol. The van der Waals surface area contributed by atoms with Crippen LogP contribution < -0.4 is 5.32 Å². The summed E-state index contributed by atoms with van der Waals surface area (Å²) in [7, 11) is 1.87. The lowest BCUT2D eigenvalue weighted by molar-refractivity contribution is -0.127. The number of hydrogen-bond acceptors (Lipinski definition) is 3. The van der Waals surface area contributed by atoms with Gasteiger partial charge >= 0.3 is 0 Å². The molecule has 1 atom stereocenters. The highest BCUT2D eigenvalue weighted by Gasteiger charge is 2.39. The van der Waals surface area contributed by atoms with E-state index in [0.717, 1.165) is 11.1 Å². The van der Waals surface area contributed by atoms with Gasteiger partial charge in [0.05, 0.1) is 23.8 Å². The zero-order valence-corrected chi connectivity index (χ0v) is 14.4. The van der Waals surface area contributed by atoms with E-state index in [1.165, 1.54) is 0 Å². The lowest BCUT2D eigenvalue weighted by Gasteiger charge is -2.39. The van der Waals surface area contributed by atoms with Crippen molar-refractivity contribution >= 4 is 5.91 Å². The van der Waals surface area contributed by atoms with Crippen LogP contribution in [0.15, 0.2) is 42.7 Å². The van der Waals surface area contributed by atoms with E-state index in [-0.39, 0.29) is 24.0 Å². The number of aryl methyl sites for hydroxylation is 1.